The summed E-state index contributed by atoms with van der Waals surface area (Å²) < 4.78 is 0. The first-order valence-electron chi connectivity index (χ1n) is 4.25. The van der Waals surface area contributed by atoms with E-state index >= 15 is 0 Å². The van der Waals surface area contributed by atoms with Gasteiger partial charge in [0.2, 0.25) is 5.91 Å². The van der Waals surface area contributed by atoms with Gasteiger partial charge in [-0.25, -0.2) is 0 Å². The molecule has 72 valence electrons. The monoisotopic (exact) mass is 209 g/mol. The van der Waals surface area contributed by atoms with Crippen molar-refractivity contribution in [2.24, 2.45) is 0 Å². The molecule has 14 heavy (non-hydrogen) atoms. The summed E-state index contributed by atoms with van der Waals surface area (Å²) in [6.45, 7) is 0.119. The van der Waals surface area contributed by atoms with Crippen LogP contribution in [0.4, 0.5) is 5.69 Å². The standard InChI is InChI=1S/C10H8ClNO2/c11-8-1-2-9-7(5-8)6-10(14)12(9)3-4-13/h1-2,4-5H,3,6H2. The molecule has 0 unspecified atom stereocenters. The molecule has 0 bridgehead atoms. The first-order chi connectivity index (χ1) is 6.72. The molecule has 0 spiro atoms. The number of benzene rings is 1. The van der Waals surface area contributed by atoms with Gasteiger partial charge in [-0.3, -0.25) is 4.79 Å². The minimum atomic E-state index is -0.0469. The minimum Gasteiger partial charge on any atom is -0.305 e. The normalized spacial score (nSPS) is 14.4. The highest BCUT2D eigenvalue weighted by atomic mass is 35.5. The first kappa shape index (κ1) is 9.21. The highest BCUT2D eigenvalue weighted by molar-refractivity contribution is 6.30. The van der Waals surface area contributed by atoms with E-state index in [1.807, 2.05) is 0 Å². The van der Waals surface area contributed by atoms with Crippen LogP contribution in [0.2, 0.25) is 5.02 Å². The summed E-state index contributed by atoms with van der Waals surface area (Å²) in [6.07, 6.45) is 1.06. The van der Waals surface area contributed by atoms with Gasteiger partial charge in [-0.1, -0.05) is 11.6 Å². The fraction of sp³-hybridized carbons (Fsp3) is 0.200. The van der Waals surface area contributed by atoms with E-state index in [1.165, 1.54) is 4.90 Å². The number of hydrogen-bond donors (Lipinski definition) is 0. The van der Waals surface area contributed by atoms with Crippen molar-refractivity contribution in [3.63, 3.8) is 0 Å². The maximum absolute atomic E-state index is 11.5. The number of anilines is 1. The summed E-state index contributed by atoms with van der Waals surface area (Å²) in [5, 5.41) is 0.615. The van der Waals surface area contributed by atoms with E-state index in [9.17, 15) is 9.59 Å². The van der Waals surface area contributed by atoms with Crippen LogP contribution in [0.1, 0.15) is 5.56 Å². The van der Waals surface area contributed by atoms with Crippen molar-refractivity contribution in [1.82, 2.24) is 0 Å². The molecule has 0 radical (unpaired) electrons. The van der Waals surface area contributed by atoms with Crippen LogP contribution in [0, 0.1) is 0 Å². The zero-order chi connectivity index (χ0) is 10.1. The average Bonchev–Trinajstić information content (AvgIpc) is 2.43. The SMILES string of the molecule is O=CCN1C(=O)Cc2cc(Cl)ccc21. The molecule has 3 nitrogen and oxygen atoms in total. The van der Waals surface area contributed by atoms with Crippen molar-refractivity contribution in [2.45, 2.75) is 6.42 Å². The van der Waals surface area contributed by atoms with Gasteiger partial charge in [-0.15, -0.1) is 0 Å². The van der Waals surface area contributed by atoms with Crippen molar-refractivity contribution < 1.29 is 9.59 Å². The summed E-state index contributed by atoms with van der Waals surface area (Å²) in [7, 11) is 0. The molecule has 0 atom stereocenters. The Labute approximate surface area is 86.3 Å². The van der Waals surface area contributed by atoms with E-state index in [1.54, 1.807) is 18.2 Å². The van der Waals surface area contributed by atoms with Gasteiger partial charge in [0.05, 0.1) is 13.0 Å². The Morgan fingerprint density at radius 2 is 2.29 bits per heavy atom. The maximum Gasteiger partial charge on any atom is 0.231 e. The zero-order valence-corrected chi connectivity index (χ0v) is 8.12. The highest BCUT2D eigenvalue weighted by Crippen LogP contribution is 2.30. The molecule has 4 heteroatoms. The van der Waals surface area contributed by atoms with Crippen LogP contribution in [0.15, 0.2) is 18.2 Å². The van der Waals surface area contributed by atoms with Crippen LogP contribution in [-0.4, -0.2) is 18.7 Å². The van der Waals surface area contributed by atoms with Crippen LogP contribution in [0.3, 0.4) is 0 Å². The molecular weight excluding hydrogens is 202 g/mol. The summed E-state index contributed by atoms with van der Waals surface area (Å²) in [5.74, 6) is -0.0469. The van der Waals surface area contributed by atoms with Crippen molar-refractivity contribution in [2.75, 3.05) is 11.4 Å². The average molecular weight is 210 g/mol. The Morgan fingerprint density at radius 1 is 1.50 bits per heavy atom. The Balaban J connectivity index is 2.42. The van der Waals surface area contributed by atoms with Crippen molar-refractivity contribution in [1.29, 1.82) is 0 Å². The molecule has 1 aromatic rings. The minimum absolute atomic E-state index is 0.0469. The third-order valence-electron chi connectivity index (χ3n) is 2.23. The Kier molecular flexibility index (Phi) is 2.25. The van der Waals surface area contributed by atoms with Gasteiger partial charge < -0.3 is 9.69 Å². The second-order valence-electron chi connectivity index (χ2n) is 3.12. The number of carbonyl (C=O) groups is 2. The number of rotatable bonds is 2. The number of nitrogens with zero attached hydrogens (tertiary/aromatic N) is 1. The van der Waals surface area contributed by atoms with Crippen LogP contribution >= 0.6 is 11.6 Å². The molecule has 0 fully saturated rings. The number of halogens is 1. The predicted molar refractivity (Wildman–Crippen MR) is 53.6 cm³/mol. The van der Waals surface area contributed by atoms with E-state index in [2.05, 4.69) is 0 Å². The number of hydrogen-bond acceptors (Lipinski definition) is 2. The van der Waals surface area contributed by atoms with Gasteiger partial charge in [0.15, 0.2) is 0 Å². The Morgan fingerprint density at radius 3 is 3.00 bits per heavy atom. The quantitative estimate of drug-likeness (QED) is 0.691. The van der Waals surface area contributed by atoms with Crippen LogP contribution in [0.25, 0.3) is 0 Å². The van der Waals surface area contributed by atoms with Crippen LogP contribution in [0.5, 0.6) is 0 Å². The third-order valence-corrected chi connectivity index (χ3v) is 2.47. The summed E-state index contributed by atoms with van der Waals surface area (Å²) >= 11 is 5.80. The lowest BCUT2D eigenvalue weighted by Gasteiger charge is -2.13. The molecular formula is C10H8ClNO2. The highest BCUT2D eigenvalue weighted by Gasteiger charge is 2.26. The summed E-state index contributed by atoms with van der Waals surface area (Å²) in [4.78, 5) is 23.3. The third kappa shape index (κ3) is 1.40. The number of carbonyl (C=O) groups excluding carboxylic acids is 2. The molecule has 1 aliphatic heterocycles. The van der Waals surface area contributed by atoms with E-state index in [4.69, 9.17) is 11.6 Å². The van der Waals surface area contributed by atoms with Crippen molar-refractivity contribution in [3.05, 3.63) is 28.8 Å². The lowest BCUT2D eigenvalue weighted by atomic mass is 10.2. The van der Waals surface area contributed by atoms with Gasteiger partial charge in [0.1, 0.15) is 6.29 Å². The van der Waals surface area contributed by atoms with Gasteiger partial charge >= 0.3 is 0 Å². The van der Waals surface area contributed by atoms with E-state index in [0.717, 1.165) is 17.5 Å². The number of aldehydes is 1. The Hall–Kier alpha value is -1.35. The van der Waals surface area contributed by atoms with Crippen LogP contribution in [-0.2, 0) is 16.0 Å². The molecule has 1 amide bonds. The van der Waals surface area contributed by atoms with Crippen molar-refractivity contribution >= 4 is 29.5 Å². The Bertz CT molecular complexity index is 403. The lowest BCUT2D eigenvalue weighted by Crippen LogP contribution is -2.28. The number of amides is 1. The second-order valence-corrected chi connectivity index (χ2v) is 3.56. The fourth-order valence-corrected chi connectivity index (χ4v) is 1.82. The van der Waals surface area contributed by atoms with Gasteiger partial charge in [0.25, 0.3) is 0 Å². The molecule has 1 aliphatic rings. The lowest BCUT2D eigenvalue weighted by molar-refractivity contribution is -0.118. The molecule has 0 N–H and O–H groups in total. The molecule has 0 aliphatic carbocycles. The number of fused-ring (bicyclic) bond motifs is 1. The van der Waals surface area contributed by atoms with E-state index < -0.39 is 0 Å². The van der Waals surface area contributed by atoms with Crippen molar-refractivity contribution in [3.8, 4) is 0 Å². The molecule has 0 saturated carbocycles. The first-order valence-corrected chi connectivity index (χ1v) is 4.62. The predicted octanol–water partition coefficient (Wildman–Crippen LogP) is 1.43. The smallest absolute Gasteiger partial charge is 0.231 e. The van der Waals surface area contributed by atoms with E-state index in [0.29, 0.717) is 11.4 Å². The molecule has 1 aromatic carbocycles. The fourth-order valence-electron chi connectivity index (χ4n) is 1.63. The maximum atomic E-state index is 11.5. The van der Waals surface area contributed by atoms with E-state index in [-0.39, 0.29) is 12.5 Å². The van der Waals surface area contributed by atoms with Gasteiger partial charge in [-0.2, -0.15) is 0 Å². The molecule has 2 rings (SSSR count). The second kappa shape index (κ2) is 3.42. The molecule has 0 aromatic heterocycles. The van der Waals surface area contributed by atoms with Gasteiger partial charge in [0, 0.05) is 10.7 Å². The molecule has 0 saturated heterocycles. The largest absolute Gasteiger partial charge is 0.305 e. The summed E-state index contributed by atoms with van der Waals surface area (Å²) in [6, 6.07) is 5.25. The molecule has 1 heterocycles. The topological polar surface area (TPSA) is 37.4 Å². The zero-order valence-electron chi connectivity index (χ0n) is 7.37. The van der Waals surface area contributed by atoms with Crippen LogP contribution < -0.4 is 4.90 Å². The summed E-state index contributed by atoms with van der Waals surface area (Å²) in [5.41, 5.74) is 1.69. The van der Waals surface area contributed by atoms with Gasteiger partial charge in [-0.05, 0) is 23.8 Å².